The average molecular weight is 403 g/mol. The summed E-state index contributed by atoms with van der Waals surface area (Å²) >= 11 is 5.87. The van der Waals surface area contributed by atoms with E-state index in [1.165, 1.54) is 5.56 Å². The SMILES string of the molecule is CN(CCc1ccccc1)C[C@@]1(O)CCN(C(=O)c2ccc(Cl)cc2)C[C@@H]1O. The molecule has 5 nitrogen and oxygen atoms in total. The maximum absolute atomic E-state index is 12.6. The molecular formula is C22H27ClN2O3. The minimum atomic E-state index is -1.22. The standard InChI is InChI=1S/C22H27ClN2O3/c1-24(13-11-17-5-3-2-4-6-17)16-22(28)12-14-25(15-20(22)26)21(27)18-7-9-19(23)10-8-18/h2-10,20,26,28H,11-16H2,1H3/t20-,22-/m0/s1. The van der Waals surface area contributed by atoms with Crippen LogP contribution in [-0.2, 0) is 6.42 Å². The molecule has 0 bridgehead atoms. The van der Waals surface area contributed by atoms with Crippen molar-refractivity contribution < 1.29 is 15.0 Å². The first-order valence-electron chi connectivity index (χ1n) is 9.55. The molecule has 28 heavy (non-hydrogen) atoms. The predicted octanol–water partition coefficient (Wildman–Crippen LogP) is 2.45. The molecule has 2 atom stereocenters. The number of hydrogen-bond donors (Lipinski definition) is 2. The Balaban J connectivity index is 1.54. The van der Waals surface area contributed by atoms with Crippen LogP contribution in [0.3, 0.4) is 0 Å². The van der Waals surface area contributed by atoms with E-state index in [-0.39, 0.29) is 12.5 Å². The van der Waals surface area contributed by atoms with Crippen molar-refractivity contribution in [3.05, 3.63) is 70.7 Å². The molecule has 0 saturated carbocycles. The van der Waals surface area contributed by atoms with Gasteiger partial charge in [0.1, 0.15) is 11.7 Å². The highest BCUT2D eigenvalue weighted by Gasteiger charge is 2.42. The fourth-order valence-electron chi connectivity index (χ4n) is 3.62. The molecule has 1 aliphatic heterocycles. The number of piperidine rings is 1. The Bertz CT molecular complexity index is 784. The lowest BCUT2D eigenvalue weighted by Gasteiger charge is -2.43. The molecule has 0 aliphatic carbocycles. The van der Waals surface area contributed by atoms with Crippen LogP contribution in [0.5, 0.6) is 0 Å². The van der Waals surface area contributed by atoms with Crippen LogP contribution in [0.1, 0.15) is 22.3 Å². The number of rotatable bonds is 6. The Morgan fingerprint density at radius 1 is 1.21 bits per heavy atom. The number of carbonyl (C=O) groups excluding carboxylic acids is 1. The van der Waals surface area contributed by atoms with E-state index >= 15 is 0 Å². The Morgan fingerprint density at radius 3 is 2.54 bits per heavy atom. The highest BCUT2D eigenvalue weighted by Crippen LogP contribution is 2.25. The zero-order valence-electron chi connectivity index (χ0n) is 16.1. The molecule has 0 unspecified atom stereocenters. The lowest BCUT2D eigenvalue weighted by molar-refractivity contribution is -0.123. The number of aliphatic hydroxyl groups is 2. The summed E-state index contributed by atoms with van der Waals surface area (Å²) < 4.78 is 0. The normalized spacial score (nSPS) is 22.5. The van der Waals surface area contributed by atoms with Gasteiger partial charge >= 0.3 is 0 Å². The van der Waals surface area contributed by atoms with Crippen LogP contribution < -0.4 is 0 Å². The van der Waals surface area contributed by atoms with Crippen LogP contribution in [0.15, 0.2) is 54.6 Å². The predicted molar refractivity (Wildman–Crippen MR) is 111 cm³/mol. The van der Waals surface area contributed by atoms with Gasteiger partial charge in [-0.25, -0.2) is 0 Å². The number of amides is 1. The molecular weight excluding hydrogens is 376 g/mol. The molecule has 1 aliphatic rings. The Morgan fingerprint density at radius 2 is 1.89 bits per heavy atom. The fourth-order valence-corrected chi connectivity index (χ4v) is 3.75. The number of nitrogens with zero attached hydrogens (tertiary/aromatic N) is 2. The molecule has 3 rings (SSSR count). The first kappa shape index (κ1) is 20.8. The largest absolute Gasteiger partial charge is 0.388 e. The number of benzene rings is 2. The number of hydrogen-bond acceptors (Lipinski definition) is 4. The molecule has 1 fully saturated rings. The van der Waals surface area contributed by atoms with Crippen LogP contribution in [0, 0.1) is 0 Å². The Kier molecular flexibility index (Phi) is 6.73. The molecule has 2 aromatic rings. The third-order valence-corrected chi connectivity index (χ3v) is 5.63. The van der Waals surface area contributed by atoms with Gasteiger partial charge in [0.05, 0.1) is 0 Å². The number of carbonyl (C=O) groups is 1. The Labute approximate surface area is 171 Å². The van der Waals surface area contributed by atoms with Gasteiger partial charge in [-0.1, -0.05) is 41.9 Å². The van der Waals surface area contributed by atoms with Gasteiger partial charge in [0.15, 0.2) is 0 Å². The summed E-state index contributed by atoms with van der Waals surface area (Å²) in [6.45, 7) is 1.67. The zero-order chi connectivity index (χ0) is 20.1. The first-order valence-corrected chi connectivity index (χ1v) is 9.93. The number of aliphatic hydroxyl groups excluding tert-OH is 1. The molecule has 2 aromatic carbocycles. The number of halogens is 1. The monoisotopic (exact) mass is 402 g/mol. The van der Waals surface area contributed by atoms with E-state index in [1.54, 1.807) is 29.2 Å². The highest BCUT2D eigenvalue weighted by atomic mass is 35.5. The summed E-state index contributed by atoms with van der Waals surface area (Å²) in [4.78, 5) is 16.3. The van der Waals surface area contributed by atoms with Gasteiger partial charge in [0.25, 0.3) is 5.91 Å². The van der Waals surface area contributed by atoms with E-state index in [4.69, 9.17) is 11.6 Å². The van der Waals surface area contributed by atoms with Crippen molar-refractivity contribution in [3.63, 3.8) is 0 Å². The van der Waals surface area contributed by atoms with E-state index in [0.717, 1.165) is 13.0 Å². The van der Waals surface area contributed by atoms with Gasteiger partial charge in [-0.15, -0.1) is 0 Å². The van der Waals surface area contributed by atoms with Crippen LogP contribution in [0.4, 0.5) is 0 Å². The minimum Gasteiger partial charge on any atom is -0.388 e. The summed E-state index contributed by atoms with van der Waals surface area (Å²) in [7, 11) is 1.94. The summed E-state index contributed by atoms with van der Waals surface area (Å²) in [5.41, 5.74) is 0.551. The van der Waals surface area contributed by atoms with Crippen LogP contribution in [-0.4, -0.2) is 70.9 Å². The van der Waals surface area contributed by atoms with E-state index in [0.29, 0.717) is 30.1 Å². The smallest absolute Gasteiger partial charge is 0.253 e. The maximum atomic E-state index is 12.6. The fraction of sp³-hybridized carbons (Fsp3) is 0.409. The maximum Gasteiger partial charge on any atom is 0.253 e. The van der Waals surface area contributed by atoms with Crippen LogP contribution in [0.2, 0.25) is 5.02 Å². The van der Waals surface area contributed by atoms with Crippen molar-refractivity contribution in [1.82, 2.24) is 9.80 Å². The van der Waals surface area contributed by atoms with Gasteiger partial charge in [-0.05, 0) is 49.7 Å². The van der Waals surface area contributed by atoms with Gasteiger partial charge in [-0.3, -0.25) is 4.79 Å². The molecule has 2 N–H and O–H groups in total. The lowest BCUT2D eigenvalue weighted by atomic mass is 9.87. The number of likely N-dealkylation sites (N-methyl/N-ethyl adjacent to an activating group) is 1. The van der Waals surface area contributed by atoms with E-state index < -0.39 is 11.7 Å². The molecule has 0 radical (unpaired) electrons. The summed E-state index contributed by atoms with van der Waals surface area (Å²) in [5.74, 6) is -0.157. The molecule has 1 saturated heterocycles. The Hall–Kier alpha value is -1.92. The first-order chi connectivity index (χ1) is 13.4. The van der Waals surface area contributed by atoms with Crippen LogP contribution in [0.25, 0.3) is 0 Å². The second kappa shape index (κ2) is 9.05. The lowest BCUT2D eigenvalue weighted by Crippen LogP contribution is -2.60. The van der Waals surface area contributed by atoms with Crippen molar-refractivity contribution >= 4 is 17.5 Å². The van der Waals surface area contributed by atoms with E-state index in [2.05, 4.69) is 12.1 Å². The van der Waals surface area contributed by atoms with Gasteiger partial charge in [0.2, 0.25) is 0 Å². The third-order valence-electron chi connectivity index (χ3n) is 5.38. The number of β-amino-alcohol motifs (C(OH)–C–C–N with tert-alkyl or cyclic N) is 1. The van der Waals surface area contributed by atoms with Gasteiger partial charge in [-0.2, -0.15) is 0 Å². The number of likely N-dealkylation sites (tertiary alicyclic amines) is 1. The topological polar surface area (TPSA) is 64.0 Å². The summed E-state index contributed by atoms with van der Waals surface area (Å²) in [5, 5.41) is 22.1. The van der Waals surface area contributed by atoms with Crippen molar-refractivity contribution in [3.8, 4) is 0 Å². The summed E-state index contributed by atoms with van der Waals surface area (Å²) in [6.07, 6.45) is 0.227. The van der Waals surface area contributed by atoms with E-state index in [1.807, 2.05) is 30.1 Å². The van der Waals surface area contributed by atoms with E-state index in [9.17, 15) is 15.0 Å². The molecule has 150 valence electrons. The molecule has 0 aromatic heterocycles. The molecule has 0 spiro atoms. The highest BCUT2D eigenvalue weighted by molar-refractivity contribution is 6.30. The van der Waals surface area contributed by atoms with Gasteiger partial charge in [0, 0.05) is 36.8 Å². The molecule has 6 heteroatoms. The van der Waals surface area contributed by atoms with Gasteiger partial charge < -0.3 is 20.0 Å². The van der Waals surface area contributed by atoms with Crippen molar-refractivity contribution in [2.45, 2.75) is 24.5 Å². The molecule has 1 amide bonds. The summed E-state index contributed by atoms with van der Waals surface area (Å²) in [6, 6.07) is 16.9. The molecule has 1 heterocycles. The zero-order valence-corrected chi connectivity index (χ0v) is 16.8. The third kappa shape index (κ3) is 5.11. The van der Waals surface area contributed by atoms with Crippen molar-refractivity contribution in [2.24, 2.45) is 0 Å². The quantitative estimate of drug-likeness (QED) is 0.779. The second-order valence-electron chi connectivity index (χ2n) is 7.60. The average Bonchev–Trinajstić information content (AvgIpc) is 2.69. The van der Waals surface area contributed by atoms with Crippen LogP contribution >= 0.6 is 11.6 Å². The second-order valence-corrected chi connectivity index (χ2v) is 8.04. The van der Waals surface area contributed by atoms with Crippen molar-refractivity contribution in [2.75, 3.05) is 33.2 Å². The van der Waals surface area contributed by atoms with Crippen molar-refractivity contribution in [1.29, 1.82) is 0 Å². The minimum absolute atomic E-state index is 0.116.